The summed E-state index contributed by atoms with van der Waals surface area (Å²) in [7, 11) is 0. The number of thiazole rings is 1. The Morgan fingerprint density at radius 1 is 1.06 bits per heavy atom. The number of nitrogens with one attached hydrogen (secondary N) is 3. The molecule has 0 unspecified atom stereocenters. The predicted molar refractivity (Wildman–Crippen MR) is 119 cm³/mol. The van der Waals surface area contributed by atoms with Crippen molar-refractivity contribution in [3.63, 3.8) is 0 Å². The quantitative estimate of drug-likeness (QED) is 0.420. The number of hydrogen-bond donors (Lipinski definition) is 3. The Morgan fingerprint density at radius 2 is 1.94 bits per heavy atom. The van der Waals surface area contributed by atoms with Crippen LogP contribution in [0, 0.1) is 19.7 Å². The van der Waals surface area contributed by atoms with Crippen LogP contribution in [0.1, 0.15) is 17.8 Å². The Balaban J connectivity index is 0.00000245. The zero-order valence-corrected chi connectivity index (χ0v) is 17.5. The summed E-state index contributed by atoms with van der Waals surface area (Å²) < 4.78 is 20.0. The highest BCUT2D eigenvalue weighted by atomic mass is 32.1. The lowest BCUT2D eigenvalue weighted by Crippen LogP contribution is -2.19. The molecule has 3 N–H and O–H groups in total. The first-order valence-corrected chi connectivity index (χ1v) is 10.4. The van der Waals surface area contributed by atoms with Crippen LogP contribution in [-0.4, -0.2) is 19.9 Å². The Hall–Kier alpha value is -3.63. The topological polar surface area (TPSA) is 96.9 Å². The van der Waals surface area contributed by atoms with E-state index in [9.17, 15) is 4.39 Å². The summed E-state index contributed by atoms with van der Waals surface area (Å²) in [5.74, 6) is -0.357. The predicted octanol–water partition coefficient (Wildman–Crippen LogP) is 4.50. The average Bonchev–Trinajstić information content (AvgIpc) is 3.39. The number of aromatic nitrogens is 4. The van der Waals surface area contributed by atoms with E-state index in [0.717, 1.165) is 27.0 Å². The minimum absolute atomic E-state index is 0. The number of anilines is 2. The van der Waals surface area contributed by atoms with E-state index in [1.807, 2.05) is 44.2 Å². The highest BCUT2D eigenvalue weighted by Crippen LogP contribution is 2.35. The number of fused-ring (bicyclic) bond motifs is 1. The number of aryl methyl sites for hydroxylation is 2. The Labute approximate surface area is 183 Å². The van der Waals surface area contributed by atoms with Gasteiger partial charge < -0.3 is 10.2 Å². The molecule has 0 saturated heterocycles. The molecule has 1 aliphatic heterocycles. The minimum atomic E-state index is -0.357. The fraction of sp³-hybridized carbons (Fsp3) is 0.143. The smallest absolute Gasteiger partial charge is 0.316 e. The van der Waals surface area contributed by atoms with Crippen LogP contribution in [0.3, 0.4) is 0 Å². The van der Waals surface area contributed by atoms with Gasteiger partial charge in [-0.25, -0.2) is 24.3 Å². The third-order valence-electron chi connectivity index (χ3n) is 4.69. The first-order valence-electron chi connectivity index (χ1n) is 9.54. The van der Waals surface area contributed by atoms with Crippen molar-refractivity contribution >= 4 is 22.7 Å². The van der Waals surface area contributed by atoms with E-state index in [0.29, 0.717) is 28.6 Å². The van der Waals surface area contributed by atoms with E-state index in [2.05, 4.69) is 31.3 Å². The van der Waals surface area contributed by atoms with Crippen LogP contribution < -0.4 is 21.1 Å². The number of hydrogen-bond acceptors (Lipinski definition) is 9. The normalized spacial score (nSPS) is 12.2. The maximum absolute atomic E-state index is 14.4. The van der Waals surface area contributed by atoms with Crippen LogP contribution in [0.25, 0.3) is 21.8 Å². The molecule has 158 valence electrons. The van der Waals surface area contributed by atoms with Gasteiger partial charge in [0.1, 0.15) is 17.3 Å². The Morgan fingerprint density at radius 3 is 2.81 bits per heavy atom. The van der Waals surface area contributed by atoms with Crippen molar-refractivity contribution in [2.75, 3.05) is 10.9 Å². The van der Waals surface area contributed by atoms with Crippen molar-refractivity contribution in [1.82, 2.24) is 25.5 Å². The van der Waals surface area contributed by atoms with Crippen molar-refractivity contribution in [3.05, 3.63) is 64.8 Å². The molecule has 0 radical (unpaired) electrons. The van der Waals surface area contributed by atoms with E-state index in [1.54, 1.807) is 6.20 Å². The number of benzene rings is 1. The molecule has 0 saturated carbocycles. The van der Waals surface area contributed by atoms with Crippen LogP contribution in [0.5, 0.6) is 6.01 Å². The van der Waals surface area contributed by atoms with Gasteiger partial charge in [-0.15, -0.1) is 16.9 Å². The van der Waals surface area contributed by atoms with Gasteiger partial charge >= 0.3 is 6.01 Å². The second kappa shape index (κ2) is 7.89. The molecule has 4 heterocycles. The summed E-state index contributed by atoms with van der Waals surface area (Å²) in [6.07, 6.45) is 1.66. The number of hydrazine groups is 2. The van der Waals surface area contributed by atoms with Crippen molar-refractivity contribution in [2.45, 2.75) is 20.5 Å². The van der Waals surface area contributed by atoms with Gasteiger partial charge in [-0.1, -0.05) is 6.07 Å². The monoisotopic (exact) mass is 437 g/mol. The molecular formula is C21H20FN7OS. The molecule has 1 aromatic carbocycles. The second-order valence-electron chi connectivity index (χ2n) is 6.96. The Bertz CT molecular complexity index is 1280. The van der Waals surface area contributed by atoms with E-state index in [-0.39, 0.29) is 13.9 Å². The SMILES string of the molecule is Cc1ccnc(OCc2nc(C)c(-c3cccc(-c4cc(F)c5c(c4)NNN5)n3)s2)n1.[HH]. The van der Waals surface area contributed by atoms with Gasteiger partial charge in [0, 0.05) is 18.9 Å². The number of rotatable bonds is 5. The summed E-state index contributed by atoms with van der Waals surface area (Å²) in [4.78, 5) is 18.6. The number of ether oxygens (including phenoxy) is 1. The van der Waals surface area contributed by atoms with Crippen LogP contribution in [-0.2, 0) is 6.61 Å². The third kappa shape index (κ3) is 3.90. The van der Waals surface area contributed by atoms with Gasteiger partial charge in [-0.2, -0.15) is 0 Å². The lowest BCUT2D eigenvalue weighted by Gasteiger charge is -2.07. The number of pyridine rings is 1. The highest BCUT2D eigenvalue weighted by Gasteiger charge is 2.18. The van der Waals surface area contributed by atoms with Crippen LogP contribution in [0.4, 0.5) is 15.8 Å². The summed E-state index contributed by atoms with van der Waals surface area (Å²) in [5, 5.41) is 0.801. The highest BCUT2D eigenvalue weighted by molar-refractivity contribution is 7.15. The third-order valence-corrected chi connectivity index (χ3v) is 5.84. The summed E-state index contributed by atoms with van der Waals surface area (Å²) in [6.45, 7) is 4.09. The molecule has 0 amide bonds. The Kier molecular flexibility index (Phi) is 4.92. The lowest BCUT2D eigenvalue weighted by atomic mass is 10.1. The van der Waals surface area contributed by atoms with E-state index >= 15 is 0 Å². The molecule has 4 aromatic rings. The fourth-order valence-corrected chi connectivity index (χ4v) is 4.18. The molecule has 0 aliphatic carbocycles. The van der Waals surface area contributed by atoms with Gasteiger partial charge in [0.05, 0.1) is 27.6 Å². The van der Waals surface area contributed by atoms with Crippen LogP contribution in [0.15, 0.2) is 42.6 Å². The molecule has 0 fully saturated rings. The second-order valence-corrected chi connectivity index (χ2v) is 8.04. The fourth-order valence-electron chi connectivity index (χ4n) is 3.24. The lowest BCUT2D eigenvalue weighted by molar-refractivity contribution is 0.279. The molecule has 10 heteroatoms. The molecule has 1 aliphatic rings. The van der Waals surface area contributed by atoms with Crippen molar-refractivity contribution < 1.29 is 10.6 Å². The minimum Gasteiger partial charge on any atom is -0.456 e. The summed E-state index contributed by atoms with van der Waals surface area (Å²) in [5.41, 5.74) is 13.2. The maximum Gasteiger partial charge on any atom is 0.316 e. The van der Waals surface area contributed by atoms with Crippen molar-refractivity contribution in [3.8, 4) is 27.8 Å². The number of nitrogens with zero attached hydrogens (tertiary/aromatic N) is 4. The largest absolute Gasteiger partial charge is 0.456 e. The molecular weight excluding hydrogens is 417 g/mol. The van der Waals surface area contributed by atoms with Gasteiger partial charge in [-0.05, 0) is 44.2 Å². The van der Waals surface area contributed by atoms with Crippen molar-refractivity contribution in [2.24, 2.45) is 0 Å². The van der Waals surface area contributed by atoms with Gasteiger partial charge in [-0.3, -0.25) is 5.43 Å². The molecule has 8 nitrogen and oxygen atoms in total. The maximum atomic E-state index is 14.4. The van der Waals surface area contributed by atoms with Crippen LogP contribution in [0.2, 0.25) is 0 Å². The van der Waals surface area contributed by atoms with Gasteiger partial charge in [0.25, 0.3) is 0 Å². The van der Waals surface area contributed by atoms with E-state index in [1.165, 1.54) is 17.4 Å². The van der Waals surface area contributed by atoms with Gasteiger partial charge in [0.15, 0.2) is 5.82 Å². The summed E-state index contributed by atoms with van der Waals surface area (Å²) >= 11 is 1.50. The zero-order valence-electron chi connectivity index (χ0n) is 16.7. The average molecular weight is 438 g/mol. The van der Waals surface area contributed by atoms with Crippen LogP contribution >= 0.6 is 11.3 Å². The zero-order chi connectivity index (χ0) is 21.4. The number of halogens is 1. The standard InChI is InChI=1S/C21H18FN7OS.H2/c1-11-6-7-23-21(24-11)30-10-18-25-12(2)20(31-18)16-5-3-4-15(26-16)13-8-14(22)19-17(9-13)27-29-28-19;/h3-9,27-29H,10H2,1-2H3;1H. The first-order chi connectivity index (χ1) is 15.1. The van der Waals surface area contributed by atoms with E-state index < -0.39 is 0 Å². The van der Waals surface area contributed by atoms with Gasteiger partial charge in [0.2, 0.25) is 0 Å². The molecule has 5 rings (SSSR count). The molecule has 3 aromatic heterocycles. The summed E-state index contributed by atoms with van der Waals surface area (Å²) in [6, 6.07) is 11.1. The molecule has 31 heavy (non-hydrogen) atoms. The first kappa shape index (κ1) is 19.3. The molecule has 0 bridgehead atoms. The van der Waals surface area contributed by atoms with E-state index in [4.69, 9.17) is 9.72 Å². The molecule has 0 atom stereocenters. The molecule has 0 spiro atoms. The van der Waals surface area contributed by atoms with Crippen molar-refractivity contribution in [1.29, 1.82) is 0 Å².